The van der Waals surface area contributed by atoms with Crippen molar-refractivity contribution in [3.63, 3.8) is 0 Å². The number of aromatic nitrogens is 16. The number of ether oxygens (including phenoxy) is 8. The maximum Gasteiger partial charge on any atom is 0.326 e. The molecule has 0 spiro atoms. The number of fused-ring (bicyclic) bond motifs is 7. The number of rotatable bonds is 22. The lowest BCUT2D eigenvalue weighted by Gasteiger charge is -2.28. The summed E-state index contributed by atoms with van der Waals surface area (Å²) in [6.07, 6.45) is 36.2. The first-order valence-electron chi connectivity index (χ1n) is 52.8. The van der Waals surface area contributed by atoms with Crippen LogP contribution in [0.3, 0.4) is 0 Å². The van der Waals surface area contributed by atoms with Gasteiger partial charge in [0.05, 0.1) is 78.2 Å². The summed E-state index contributed by atoms with van der Waals surface area (Å²) < 4.78 is 56.0. The van der Waals surface area contributed by atoms with Crippen LogP contribution < -0.4 is 59.8 Å². The van der Waals surface area contributed by atoms with E-state index in [0.29, 0.717) is 65.2 Å². The lowest BCUT2D eigenvalue weighted by atomic mass is 9.95. The van der Waals surface area contributed by atoms with Gasteiger partial charge in [-0.05, 0) is 234 Å². The van der Waals surface area contributed by atoms with Crippen LogP contribution in [0.1, 0.15) is 190 Å². The molecule has 5 aliphatic carbocycles. The number of morpholine rings is 4. The molecule has 16 aromatic rings. The molecular weight excluding hydrogens is 1860 g/mol. The lowest BCUT2D eigenvalue weighted by Crippen LogP contribution is -2.36. The fourth-order valence-corrected chi connectivity index (χ4v) is 22.5. The van der Waals surface area contributed by atoms with Gasteiger partial charge in [0.1, 0.15) is 17.1 Å². The molecule has 32 nitrogen and oxygen atoms in total. The minimum Gasteiger partial charge on any atom is -0.483 e. The molecule has 13 heterocycles. The van der Waals surface area contributed by atoms with Gasteiger partial charge in [0.2, 0.25) is 5.28 Å². The molecule has 8 fully saturated rings. The highest BCUT2D eigenvalue weighted by Crippen LogP contribution is 2.46. The van der Waals surface area contributed by atoms with Gasteiger partial charge in [0.15, 0.2) is 79.4 Å². The summed E-state index contributed by atoms with van der Waals surface area (Å²) >= 11 is 6.26. The predicted molar refractivity (Wildman–Crippen MR) is 573 cm³/mol. The number of imidazole rings is 4. The number of hydrogen-bond acceptors (Lipinski definition) is 28. The summed E-state index contributed by atoms with van der Waals surface area (Å²) in [6, 6.07) is 62.9. The number of hydrogen-bond donors (Lipinski definition) is 4. The Balaban J connectivity index is 0.000000108. The number of nitrogens with zero attached hydrogens (tertiary/aromatic N) is 20. The molecule has 0 bridgehead atoms. The van der Waals surface area contributed by atoms with E-state index < -0.39 is 0 Å². The molecule has 0 radical (unpaired) electrons. The molecular formula is C113H127ClN24O8. The largest absolute Gasteiger partial charge is 0.483 e. The molecule has 5 aliphatic heterocycles. The van der Waals surface area contributed by atoms with Crippen LogP contribution in [0.25, 0.3) is 55.4 Å². The zero-order valence-corrected chi connectivity index (χ0v) is 84.0. The molecule has 0 amide bonds. The average Bonchev–Trinajstić information content (AvgIpc) is 1.59. The highest BCUT2D eigenvalue weighted by Gasteiger charge is 2.35. The Morgan fingerprint density at radius 2 is 0.664 bits per heavy atom. The maximum atomic E-state index is 6.37. The van der Waals surface area contributed by atoms with Crippen LogP contribution in [0.2, 0.25) is 5.28 Å². The van der Waals surface area contributed by atoms with E-state index in [0.717, 1.165) is 264 Å². The van der Waals surface area contributed by atoms with Gasteiger partial charge in [-0.15, -0.1) is 0 Å². The van der Waals surface area contributed by atoms with Crippen molar-refractivity contribution in [2.45, 2.75) is 198 Å². The van der Waals surface area contributed by atoms with Gasteiger partial charge < -0.3 is 97.0 Å². The third-order valence-electron chi connectivity index (χ3n) is 30.0. The number of anilines is 12. The van der Waals surface area contributed by atoms with Crippen LogP contribution in [0, 0.1) is 0 Å². The van der Waals surface area contributed by atoms with Gasteiger partial charge in [-0.1, -0.05) is 132 Å². The summed E-state index contributed by atoms with van der Waals surface area (Å²) in [5.74, 6) is 5.50. The Morgan fingerprint density at radius 3 is 1.07 bits per heavy atom. The molecule has 8 aromatic heterocycles. The van der Waals surface area contributed by atoms with Crippen molar-refractivity contribution in [2.24, 2.45) is 0 Å². The first-order valence-corrected chi connectivity index (χ1v) is 53.2. The van der Waals surface area contributed by atoms with Crippen molar-refractivity contribution in [3.8, 4) is 41.0 Å². The highest BCUT2D eigenvalue weighted by atomic mass is 35.5. The molecule has 4 N–H and O–H groups in total. The minimum atomic E-state index is -0.272. The lowest BCUT2D eigenvalue weighted by molar-refractivity contribution is 0.122. The molecule has 4 saturated heterocycles. The van der Waals surface area contributed by atoms with Gasteiger partial charge in [-0.3, -0.25) is 0 Å². The van der Waals surface area contributed by atoms with E-state index in [-0.39, 0.29) is 16.9 Å². The topological polar surface area (TPSA) is 309 Å². The molecule has 4 saturated carbocycles. The van der Waals surface area contributed by atoms with Gasteiger partial charge >= 0.3 is 18.0 Å². The normalized spacial score (nSPS) is 17.9. The van der Waals surface area contributed by atoms with Crippen LogP contribution in [0.5, 0.6) is 41.0 Å². The Labute approximate surface area is 854 Å². The number of aryl methyl sites for hydroxylation is 2. The van der Waals surface area contributed by atoms with Crippen molar-refractivity contribution in [3.05, 3.63) is 223 Å². The number of nitrogens with one attached hydrogen (secondary N) is 4. The second kappa shape index (κ2) is 44.1. The van der Waals surface area contributed by atoms with Gasteiger partial charge in [0, 0.05) is 139 Å². The van der Waals surface area contributed by atoms with Crippen molar-refractivity contribution in [1.82, 2.24) is 78.1 Å². The Hall–Kier alpha value is -14.1. The Kier molecular flexibility index (Phi) is 28.8. The standard InChI is InChI=1S/C31H36N6O3.C31H32N6O2.C30H34N6O2.C21H25ClN6O/c1-31(2)19-21-7-6-10-25(27(21)40-31)39-30-34-28(26-29(35-30)37(20-32-26)24-8-4-3-5-9-24)33-22-11-13-23(14-12-22)36-15-17-38-18-16-36;1-2-9-25(10-3-1)37-21-32-28-29(33-23-13-15-24(16-14-23)36-17-19-38-20-18-36)34-31(35-30(28)37)39-27-12-6-8-22-7-4-5-11-26(22)27;1-2-7-25(8-3-1)36-20-31-27-28(32-23-10-12-24(13-11-23)35-15-17-37-18-16-35)33-30(34-29(27)36)38-26-14-9-21-5-4-6-22(21)19-26;22-21-25-19(18-20(26-21)28(14-23-18)17-4-2-1-3-5-17)24-15-6-8-16(9-7-15)27-10-12-29-13-11-27/h6-7,10-14,20,24H,3-5,8-9,15-19H2,1-2H3,(H,33,34,35);4-8,11-16,21,25H,1-3,9-10,17-20H2,(H,33,34,35);9-14,19-20,25H,1-8,15-18H2,(H,32,33,34);6-9,14,17H,1-5,10-13H2,(H,24,25,26). The zero-order valence-electron chi connectivity index (χ0n) is 83.2. The van der Waals surface area contributed by atoms with E-state index in [4.69, 9.17) is 94.4 Å². The van der Waals surface area contributed by atoms with Crippen LogP contribution in [0.15, 0.2) is 201 Å². The van der Waals surface area contributed by atoms with E-state index in [2.05, 4.69) is 221 Å². The van der Waals surface area contributed by atoms with E-state index >= 15 is 0 Å². The number of para-hydroxylation sites is 1. The number of halogens is 1. The van der Waals surface area contributed by atoms with Crippen LogP contribution in [-0.4, -0.2) is 189 Å². The second-order valence-corrected chi connectivity index (χ2v) is 40.6. The summed E-state index contributed by atoms with van der Waals surface area (Å²) in [5.41, 5.74) is 18.5. The quantitative estimate of drug-likeness (QED) is 0.0458. The van der Waals surface area contributed by atoms with Crippen LogP contribution >= 0.6 is 11.6 Å². The Bertz CT molecular complexity index is 7170. The molecule has 33 heteroatoms. The maximum absolute atomic E-state index is 6.37. The van der Waals surface area contributed by atoms with Gasteiger partial charge in [0.25, 0.3) is 0 Å². The monoisotopic (exact) mass is 1980 g/mol. The molecule has 10 aliphatic rings. The summed E-state index contributed by atoms with van der Waals surface area (Å²) in [5, 5.41) is 16.3. The molecule has 26 rings (SSSR count). The fraction of sp³-hybridized carbons (Fsp3) is 0.416. The molecule has 8 aromatic carbocycles. The third kappa shape index (κ3) is 21.9. The van der Waals surface area contributed by atoms with Gasteiger partial charge in [-0.25, -0.2) is 19.9 Å². The summed E-state index contributed by atoms with van der Waals surface area (Å²) in [4.78, 5) is 66.3. The number of benzene rings is 8. The summed E-state index contributed by atoms with van der Waals surface area (Å²) in [6.45, 7) is 17.7. The predicted octanol–water partition coefficient (Wildman–Crippen LogP) is 24.0. The fourth-order valence-electron chi connectivity index (χ4n) is 22.3. The van der Waals surface area contributed by atoms with Crippen LogP contribution in [-0.2, 0) is 38.2 Å². The van der Waals surface area contributed by atoms with E-state index in [9.17, 15) is 0 Å². The van der Waals surface area contributed by atoms with E-state index in [1.165, 1.54) is 130 Å². The zero-order chi connectivity index (χ0) is 98.1. The van der Waals surface area contributed by atoms with E-state index in [1.54, 1.807) is 0 Å². The average molecular weight is 1980 g/mol. The minimum absolute atomic E-state index is 0.238. The van der Waals surface area contributed by atoms with Gasteiger partial charge in [-0.2, -0.15) is 39.9 Å². The highest BCUT2D eigenvalue weighted by molar-refractivity contribution is 6.28. The van der Waals surface area contributed by atoms with Crippen molar-refractivity contribution in [1.29, 1.82) is 0 Å². The Morgan fingerprint density at radius 1 is 0.322 bits per heavy atom. The first kappa shape index (κ1) is 95.5. The van der Waals surface area contributed by atoms with Crippen LogP contribution in [0.4, 0.5) is 68.8 Å². The summed E-state index contributed by atoms with van der Waals surface area (Å²) in [7, 11) is 0. The second-order valence-electron chi connectivity index (χ2n) is 40.3. The smallest absolute Gasteiger partial charge is 0.326 e. The van der Waals surface area contributed by atoms with Crippen molar-refractivity contribution >= 4 is 136 Å². The first-order chi connectivity index (χ1) is 71.9. The van der Waals surface area contributed by atoms with Crippen molar-refractivity contribution in [2.75, 3.05) is 146 Å². The molecule has 0 atom stereocenters. The molecule has 146 heavy (non-hydrogen) atoms. The molecule has 0 unspecified atom stereocenters. The third-order valence-corrected chi connectivity index (χ3v) is 30.1. The van der Waals surface area contributed by atoms with E-state index in [1.807, 2.05) is 67.8 Å². The molecule has 754 valence electrons. The SMILES string of the molecule is CC1(C)Cc2cccc(Oc3nc(Nc4ccc(N5CCOCC5)cc4)c4ncn(C5CCCCC5)c4n3)c2O1.Clc1nc(Nc2ccc(N3CCOCC3)cc2)c2ncn(C3CCCCC3)c2n1.c1cc(N2CCOCC2)ccc1Nc1nc(Oc2ccc3c(c2)CCC3)nc2c1ncn2C1CCCCC1.c1ccc2c(Oc3nc(Nc4ccc(N5CCOCC5)cc4)c4ncn(C5CCCCC5)c4n3)cccc2c1. The van der Waals surface area contributed by atoms with Crippen molar-refractivity contribution < 1.29 is 37.9 Å².